The number of hydrogen-bond donors (Lipinski definition) is 1. The van der Waals surface area contributed by atoms with Crippen LogP contribution < -0.4 is 5.43 Å². The number of benzene rings is 1. The van der Waals surface area contributed by atoms with Crippen molar-refractivity contribution in [3.05, 3.63) is 39.7 Å². The predicted octanol–water partition coefficient (Wildman–Crippen LogP) is 3.07. The number of aromatic hydroxyl groups is 1. The third-order valence-electron chi connectivity index (χ3n) is 3.47. The van der Waals surface area contributed by atoms with Crippen molar-refractivity contribution < 1.29 is 9.52 Å². The van der Waals surface area contributed by atoms with Gasteiger partial charge in [0, 0.05) is 12.1 Å². The molecule has 0 spiro atoms. The van der Waals surface area contributed by atoms with Crippen LogP contribution in [-0.4, -0.2) is 23.1 Å². The summed E-state index contributed by atoms with van der Waals surface area (Å²) in [5.41, 5.74) is 1.70. The summed E-state index contributed by atoms with van der Waals surface area (Å²) in [7, 11) is 0. The van der Waals surface area contributed by atoms with E-state index in [-0.39, 0.29) is 23.6 Å². The van der Waals surface area contributed by atoms with E-state index in [4.69, 9.17) is 4.42 Å². The van der Waals surface area contributed by atoms with Gasteiger partial charge in [0.2, 0.25) is 0 Å². The fourth-order valence-corrected chi connectivity index (χ4v) is 2.17. The lowest BCUT2D eigenvalue weighted by Crippen LogP contribution is -2.22. The minimum atomic E-state index is -0.0398. The van der Waals surface area contributed by atoms with E-state index in [0.717, 1.165) is 13.1 Å². The predicted molar refractivity (Wildman–Crippen MR) is 82.8 cm³/mol. The molecule has 0 atom stereocenters. The molecule has 0 aliphatic carbocycles. The number of halogens is 1. The Morgan fingerprint density at radius 3 is 2.50 bits per heavy atom. The van der Waals surface area contributed by atoms with Gasteiger partial charge >= 0.3 is 0 Å². The number of aryl methyl sites for hydroxylation is 1. The van der Waals surface area contributed by atoms with E-state index >= 15 is 0 Å². The molecule has 0 amide bonds. The van der Waals surface area contributed by atoms with Crippen LogP contribution in [0.15, 0.2) is 27.6 Å². The van der Waals surface area contributed by atoms with Crippen LogP contribution in [0.4, 0.5) is 0 Å². The second kappa shape index (κ2) is 6.77. The minimum absolute atomic E-state index is 0. The molecule has 2 rings (SSSR count). The third kappa shape index (κ3) is 2.97. The highest BCUT2D eigenvalue weighted by Crippen LogP contribution is 2.27. The molecule has 110 valence electrons. The fraction of sp³-hybridized carbons (Fsp3) is 0.400. The fourth-order valence-electron chi connectivity index (χ4n) is 2.17. The molecule has 0 aliphatic rings. The van der Waals surface area contributed by atoms with Crippen LogP contribution in [0.5, 0.6) is 5.75 Å². The molecule has 4 nitrogen and oxygen atoms in total. The number of nitrogens with zero attached hydrogens (tertiary/aromatic N) is 1. The Kier molecular flexibility index (Phi) is 5.60. The maximum Gasteiger partial charge on any atom is 0.195 e. The molecule has 0 saturated heterocycles. The summed E-state index contributed by atoms with van der Waals surface area (Å²) in [5.74, 6) is 0.173. The summed E-state index contributed by atoms with van der Waals surface area (Å²) < 4.78 is 5.54. The molecule has 2 aromatic rings. The van der Waals surface area contributed by atoms with Crippen LogP contribution >= 0.6 is 12.4 Å². The maximum atomic E-state index is 12.1. The molecule has 0 aliphatic heterocycles. The zero-order valence-corrected chi connectivity index (χ0v) is 12.8. The van der Waals surface area contributed by atoms with Crippen molar-refractivity contribution in [2.24, 2.45) is 0 Å². The lowest BCUT2D eigenvalue weighted by molar-refractivity contribution is 0.290. The number of hydrogen-bond acceptors (Lipinski definition) is 4. The Labute approximate surface area is 124 Å². The molecule has 0 bridgehead atoms. The highest BCUT2D eigenvalue weighted by atomic mass is 35.5. The van der Waals surface area contributed by atoms with Gasteiger partial charge in [0.15, 0.2) is 5.43 Å². The van der Waals surface area contributed by atoms with Crippen molar-refractivity contribution >= 4 is 23.4 Å². The van der Waals surface area contributed by atoms with Gasteiger partial charge in [0.25, 0.3) is 0 Å². The van der Waals surface area contributed by atoms with Crippen molar-refractivity contribution in [3.8, 4) is 5.75 Å². The number of fused-ring (bicyclic) bond motifs is 1. The molecule has 1 aromatic carbocycles. The first kappa shape index (κ1) is 16.5. The van der Waals surface area contributed by atoms with Crippen LogP contribution in [0, 0.1) is 6.92 Å². The first-order valence-electron chi connectivity index (χ1n) is 6.53. The quantitative estimate of drug-likeness (QED) is 0.942. The first-order valence-corrected chi connectivity index (χ1v) is 6.53. The van der Waals surface area contributed by atoms with Gasteiger partial charge in [-0.3, -0.25) is 9.69 Å². The molecule has 1 heterocycles. The Bertz CT molecular complexity index is 647. The molecule has 0 unspecified atom stereocenters. The summed E-state index contributed by atoms with van der Waals surface area (Å²) in [6.45, 7) is 8.17. The summed E-state index contributed by atoms with van der Waals surface area (Å²) in [4.78, 5) is 14.2. The van der Waals surface area contributed by atoms with E-state index in [9.17, 15) is 9.90 Å². The standard InChI is InChI=1S/C15H19NO3.ClH/c1-4-16(5-2)8-12-13(17)7-6-11-14(18)10(3)9-19-15(11)12;/h6-7,9,17H,4-5,8H2,1-3H3;1H. The summed E-state index contributed by atoms with van der Waals surface area (Å²) >= 11 is 0. The molecule has 1 N–H and O–H groups in total. The van der Waals surface area contributed by atoms with E-state index in [1.165, 1.54) is 6.26 Å². The Morgan fingerprint density at radius 1 is 1.25 bits per heavy atom. The average Bonchev–Trinajstić information content (AvgIpc) is 2.42. The largest absolute Gasteiger partial charge is 0.507 e. The van der Waals surface area contributed by atoms with Gasteiger partial charge < -0.3 is 9.52 Å². The van der Waals surface area contributed by atoms with Crippen LogP contribution in [0.25, 0.3) is 11.0 Å². The SMILES string of the molecule is CCN(CC)Cc1c(O)ccc2c(=O)c(C)coc12.Cl. The van der Waals surface area contributed by atoms with Crippen LogP contribution in [0.2, 0.25) is 0 Å². The molecule has 20 heavy (non-hydrogen) atoms. The van der Waals surface area contributed by atoms with Gasteiger partial charge in [-0.1, -0.05) is 13.8 Å². The zero-order valence-electron chi connectivity index (χ0n) is 12.0. The lowest BCUT2D eigenvalue weighted by Gasteiger charge is -2.19. The molecular formula is C15H20ClNO3. The molecule has 0 fully saturated rings. The van der Waals surface area contributed by atoms with E-state index in [0.29, 0.717) is 28.6 Å². The second-order valence-corrected chi connectivity index (χ2v) is 4.65. The highest BCUT2D eigenvalue weighted by Gasteiger charge is 2.14. The van der Waals surface area contributed by atoms with E-state index < -0.39 is 0 Å². The molecule has 0 saturated carbocycles. The van der Waals surface area contributed by atoms with Crippen LogP contribution in [-0.2, 0) is 6.54 Å². The number of phenols is 1. The topological polar surface area (TPSA) is 53.7 Å². The third-order valence-corrected chi connectivity index (χ3v) is 3.47. The summed E-state index contributed by atoms with van der Waals surface area (Å²) in [5, 5.41) is 10.5. The number of rotatable bonds is 4. The highest BCUT2D eigenvalue weighted by molar-refractivity contribution is 5.85. The summed E-state index contributed by atoms with van der Waals surface area (Å²) in [6, 6.07) is 3.19. The van der Waals surface area contributed by atoms with Crippen molar-refractivity contribution in [2.45, 2.75) is 27.3 Å². The van der Waals surface area contributed by atoms with Crippen molar-refractivity contribution in [1.82, 2.24) is 4.90 Å². The zero-order chi connectivity index (χ0) is 14.0. The Morgan fingerprint density at radius 2 is 1.90 bits per heavy atom. The molecular weight excluding hydrogens is 278 g/mol. The van der Waals surface area contributed by atoms with Gasteiger partial charge in [0.1, 0.15) is 11.3 Å². The Balaban J connectivity index is 0.00000200. The Hall–Kier alpha value is -1.52. The molecule has 5 heteroatoms. The van der Waals surface area contributed by atoms with Crippen molar-refractivity contribution in [2.75, 3.05) is 13.1 Å². The number of phenolic OH excluding ortho intramolecular Hbond substituents is 1. The van der Waals surface area contributed by atoms with Gasteiger partial charge in [-0.25, -0.2) is 0 Å². The van der Waals surface area contributed by atoms with Gasteiger partial charge in [-0.05, 0) is 32.1 Å². The summed E-state index contributed by atoms with van der Waals surface area (Å²) in [6.07, 6.45) is 1.45. The lowest BCUT2D eigenvalue weighted by atomic mass is 10.1. The van der Waals surface area contributed by atoms with Crippen LogP contribution in [0.3, 0.4) is 0 Å². The maximum absolute atomic E-state index is 12.1. The van der Waals surface area contributed by atoms with Crippen molar-refractivity contribution in [3.63, 3.8) is 0 Å². The normalized spacial score (nSPS) is 10.8. The van der Waals surface area contributed by atoms with Crippen molar-refractivity contribution in [1.29, 1.82) is 0 Å². The smallest absolute Gasteiger partial charge is 0.195 e. The van der Waals surface area contributed by atoms with Gasteiger partial charge in [-0.2, -0.15) is 0 Å². The van der Waals surface area contributed by atoms with Crippen LogP contribution in [0.1, 0.15) is 25.0 Å². The molecule has 1 aromatic heterocycles. The second-order valence-electron chi connectivity index (χ2n) is 4.65. The molecule has 0 radical (unpaired) electrons. The monoisotopic (exact) mass is 297 g/mol. The van der Waals surface area contributed by atoms with E-state index in [1.807, 2.05) is 0 Å². The average molecular weight is 298 g/mol. The van der Waals surface area contributed by atoms with E-state index in [2.05, 4.69) is 18.7 Å². The first-order chi connectivity index (χ1) is 9.08. The minimum Gasteiger partial charge on any atom is -0.507 e. The van der Waals surface area contributed by atoms with Gasteiger partial charge in [-0.15, -0.1) is 12.4 Å². The van der Waals surface area contributed by atoms with E-state index in [1.54, 1.807) is 19.1 Å². The van der Waals surface area contributed by atoms with Gasteiger partial charge in [0.05, 0.1) is 17.2 Å².